The van der Waals surface area contributed by atoms with Crippen LogP contribution in [0.15, 0.2) is 24.3 Å². The van der Waals surface area contributed by atoms with Crippen molar-refractivity contribution in [3.63, 3.8) is 0 Å². The fraction of sp³-hybridized carbons (Fsp3) is 0.500. The van der Waals surface area contributed by atoms with Gasteiger partial charge >= 0.3 is 5.97 Å². The molecule has 0 radical (unpaired) electrons. The standard InChI is InChI=1S/C14H20FNO4S/c1-13(2,3)21(19,20)16-14(4,9-12(17)18)10-7-5-6-8-11(10)15/h5-8,16H,9H2,1-4H3,(H,17,18). The summed E-state index contributed by atoms with van der Waals surface area (Å²) in [4.78, 5) is 11.1. The van der Waals surface area contributed by atoms with Gasteiger partial charge in [0.2, 0.25) is 10.0 Å². The van der Waals surface area contributed by atoms with Gasteiger partial charge in [-0.3, -0.25) is 4.79 Å². The van der Waals surface area contributed by atoms with Crippen LogP contribution in [0.1, 0.15) is 39.7 Å². The summed E-state index contributed by atoms with van der Waals surface area (Å²) < 4.78 is 39.8. The van der Waals surface area contributed by atoms with E-state index in [1.807, 2.05) is 0 Å². The zero-order valence-corrected chi connectivity index (χ0v) is 13.3. The molecule has 2 N–H and O–H groups in total. The molecule has 118 valence electrons. The number of aliphatic carboxylic acids is 1. The first-order valence-electron chi connectivity index (χ1n) is 6.39. The van der Waals surface area contributed by atoms with Gasteiger partial charge in [0.05, 0.1) is 16.7 Å². The summed E-state index contributed by atoms with van der Waals surface area (Å²) in [7, 11) is -3.85. The van der Waals surface area contributed by atoms with Gasteiger partial charge in [0.25, 0.3) is 0 Å². The highest BCUT2D eigenvalue weighted by Gasteiger charge is 2.40. The van der Waals surface area contributed by atoms with Gasteiger partial charge < -0.3 is 5.11 Å². The Morgan fingerprint density at radius 2 is 1.76 bits per heavy atom. The van der Waals surface area contributed by atoms with E-state index in [4.69, 9.17) is 5.11 Å². The van der Waals surface area contributed by atoms with Crippen LogP contribution in [0.5, 0.6) is 0 Å². The molecule has 0 saturated carbocycles. The van der Waals surface area contributed by atoms with E-state index in [9.17, 15) is 17.6 Å². The zero-order valence-electron chi connectivity index (χ0n) is 12.5. The van der Waals surface area contributed by atoms with Gasteiger partial charge in [-0.2, -0.15) is 0 Å². The summed E-state index contributed by atoms with van der Waals surface area (Å²) in [5, 5.41) is 9.04. The van der Waals surface area contributed by atoms with Gasteiger partial charge in [-0.05, 0) is 33.8 Å². The van der Waals surface area contributed by atoms with Crippen molar-refractivity contribution in [1.82, 2.24) is 4.72 Å². The highest BCUT2D eigenvalue weighted by molar-refractivity contribution is 7.90. The van der Waals surface area contributed by atoms with E-state index in [-0.39, 0.29) is 5.56 Å². The van der Waals surface area contributed by atoms with E-state index in [1.54, 1.807) is 0 Å². The molecule has 1 unspecified atom stereocenters. The van der Waals surface area contributed by atoms with Crippen molar-refractivity contribution in [3.8, 4) is 0 Å². The van der Waals surface area contributed by atoms with E-state index in [0.717, 1.165) is 0 Å². The number of carboxylic acid groups (broad SMARTS) is 1. The zero-order chi connectivity index (χ0) is 16.5. The Balaban J connectivity index is 3.37. The number of sulfonamides is 1. The molecule has 7 heteroatoms. The van der Waals surface area contributed by atoms with Crippen molar-refractivity contribution in [2.45, 2.75) is 44.4 Å². The third kappa shape index (κ3) is 4.01. The Hall–Kier alpha value is -1.47. The largest absolute Gasteiger partial charge is 0.481 e. The van der Waals surface area contributed by atoms with E-state index in [2.05, 4.69) is 4.72 Å². The molecule has 0 heterocycles. The lowest BCUT2D eigenvalue weighted by atomic mass is 9.89. The first-order valence-corrected chi connectivity index (χ1v) is 7.88. The predicted octanol–water partition coefficient (Wildman–Crippen LogP) is 2.23. The second-order valence-corrected chi connectivity index (χ2v) is 8.54. The van der Waals surface area contributed by atoms with Crippen LogP contribution >= 0.6 is 0 Å². The van der Waals surface area contributed by atoms with Crippen LogP contribution in [0, 0.1) is 5.82 Å². The monoisotopic (exact) mass is 317 g/mol. The highest BCUT2D eigenvalue weighted by Crippen LogP contribution is 2.30. The fourth-order valence-electron chi connectivity index (χ4n) is 1.85. The molecule has 1 rings (SSSR count). The van der Waals surface area contributed by atoms with E-state index >= 15 is 0 Å². The molecule has 0 saturated heterocycles. The average molecular weight is 317 g/mol. The molecular formula is C14H20FNO4S. The van der Waals surface area contributed by atoms with Crippen LogP contribution in [0.4, 0.5) is 4.39 Å². The summed E-state index contributed by atoms with van der Waals surface area (Å²) in [6.07, 6.45) is -0.566. The highest BCUT2D eigenvalue weighted by atomic mass is 32.2. The molecular weight excluding hydrogens is 297 g/mol. The molecule has 1 atom stereocenters. The van der Waals surface area contributed by atoms with Crippen LogP contribution in [-0.2, 0) is 20.4 Å². The van der Waals surface area contributed by atoms with Crippen molar-refractivity contribution < 1.29 is 22.7 Å². The molecule has 0 spiro atoms. The van der Waals surface area contributed by atoms with Crippen LogP contribution in [0.3, 0.4) is 0 Å². The summed E-state index contributed by atoms with van der Waals surface area (Å²) in [5.41, 5.74) is -1.57. The van der Waals surface area contributed by atoms with Gasteiger partial charge in [0, 0.05) is 5.56 Å². The van der Waals surface area contributed by atoms with Gasteiger partial charge in [-0.1, -0.05) is 18.2 Å². The summed E-state index contributed by atoms with van der Waals surface area (Å²) in [6.45, 7) is 5.82. The number of nitrogens with one attached hydrogen (secondary N) is 1. The Morgan fingerprint density at radius 1 is 1.24 bits per heavy atom. The average Bonchev–Trinajstić information content (AvgIpc) is 2.25. The van der Waals surface area contributed by atoms with Gasteiger partial charge in [0.1, 0.15) is 5.82 Å². The third-order valence-electron chi connectivity index (χ3n) is 3.14. The maximum Gasteiger partial charge on any atom is 0.305 e. The lowest BCUT2D eigenvalue weighted by Crippen LogP contribution is -2.51. The smallest absolute Gasteiger partial charge is 0.305 e. The van der Waals surface area contributed by atoms with Crippen molar-refractivity contribution in [3.05, 3.63) is 35.6 Å². The van der Waals surface area contributed by atoms with Gasteiger partial charge in [0.15, 0.2) is 0 Å². The number of carboxylic acids is 1. The molecule has 1 aromatic carbocycles. The van der Waals surface area contributed by atoms with Crippen LogP contribution in [0.25, 0.3) is 0 Å². The summed E-state index contributed by atoms with van der Waals surface area (Å²) in [6, 6.07) is 5.53. The molecule has 0 amide bonds. The molecule has 0 aliphatic carbocycles. The van der Waals surface area contributed by atoms with Gasteiger partial charge in [-0.25, -0.2) is 17.5 Å². The van der Waals surface area contributed by atoms with Crippen LogP contribution < -0.4 is 4.72 Å². The molecule has 0 aliphatic heterocycles. The Morgan fingerprint density at radius 3 is 2.19 bits per heavy atom. The second-order valence-electron chi connectivity index (χ2n) is 6.10. The number of hydrogen-bond acceptors (Lipinski definition) is 3. The number of benzene rings is 1. The van der Waals surface area contributed by atoms with E-state index in [1.165, 1.54) is 52.0 Å². The number of hydrogen-bond donors (Lipinski definition) is 2. The minimum absolute atomic E-state index is 0.000208. The molecule has 0 fully saturated rings. The normalized spacial score (nSPS) is 15.5. The summed E-state index contributed by atoms with van der Waals surface area (Å²) in [5.74, 6) is -1.88. The van der Waals surface area contributed by atoms with Gasteiger partial charge in [-0.15, -0.1) is 0 Å². The molecule has 0 aliphatic rings. The molecule has 0 aromatic heterocycles. The first kappa shape index (κ1) is 17.6. The molecule has 0 bridgehead atoms. The van der Waals surface area contributed by atoms with Crippen molar-refractivity contribution in [2.75, 3.05) is 0 Å². The minimum Gasteiger partial charge on any atom is -0.481 e. The third-order valence-corrected chi connectivity index (χ3v) is 5.47. The molecule has 21 heavy (non-hydrogen) atoms. The van der Waals surface area contributed by atoms with Crippen LogP contribution in [-0.4, -0.2) is 24.2 Å². The van der Waals surface area contributed by atoms with Crippen molar-refractivity contribution in [1.29, 1.82) is 0 Å². The number of halogens is 1. The Labute approximate surface area is 124 Å². The van der Waals surface area contributed by atoms with Crippen molar-refractivity contribution in [2.24, 2.45) is 0 Å². The lowest BCUT2D eigenvalue weighted by molar-refractivity contribution is -0.138. The van der Waals surface area contributed by atoms with Crippen LogP contribution in [0.2, 0.25) is 0 Å². The predicted molar refractivity (Wildman–Crippen MR) is 77.8 cm³/mol. The van der Waals surface area contributed by atoms with Crippen molar-refractivity contribution >= 4 is 16.0 Å². The quantitative estimate of drug-likeness (QED) is 0.872. The van der Waals surface area contributed by atoms with E-state index < -0.39 is 38.5 Å². The van der Waals surface area contributed by atoms with E-state index in [0.29, 0.717) is 0 Å². The first-order chi connectivity index (χ1) is 9.39. The summed E-state index contributed by atoms with van der Waals surface area (Å²) >= 11 is 0. The Bertz CT molecular complexity index is 637. The second kappa shape index (κ2) is 5.73. The maximum absolute atomic E-state index is 14.0. The minimum atomic E-state index is -3.85. The number of carbonyl (C=O) groups is 1. The lowest BCUT2D eigenvalue weighted by Gasteiger charge is -2.33. The maximum atomic E-state index is 14.0. The fourth-order valence-corrected chi connectivity index (χ4v) is 2.93. The SMILES string of the molecule is CC(CC(=O)O)(NS(=O)(=O)C(C)(C)C)c1ccccc1F. The molecule has 1 aromatic rings. The topological polar surface area (TPSA) is 83.5 Å². The Kier molecular flexibility index (Phi) is 4.80. The molecule has 5 nitrogen and oxygen atoms in total. The number of rotatable bonds is 5.